The first kappa shape index (κ1) is 15.9. The summed E-state index contributed by atoms with van der Waals surface area (Å²) < 4.78 is 20.6. The normalized spacial score (nSPS) is 21.4. The maximum absolute atomic E-state index is 13.1. The molecule has 2 aromatic rings. The number of benzene rings is 1. The van der Waals surface area contributed by atoms with Crippen LogP contribution in [0.15, 0.2) is 24.3 Å². The van der Waals surface area contributed by atoms with Gasteiger partial charge in [0.25, 0.3) is 0 Å². The molecule has 0 saturated heterocycles. The summed E-state index contributed by atoms with van der Waals surface area (Å²) in [6.07, 6.45) is 4.66. The van der Waals surface area contributed by atoms with Gasteiger partial charge in [0, 0.05) is 32.8 Å². The molecule has 1 aliphatic carbocycles. The summed E-state index contributed by atoms with van der Waals surface area (Å²) in [6.45, 7) is 0. The van der Waals surface area contributed by atoms with Crippen LogP contribution < -0.4 is 4.90 Å². The third-order valence-electron chi connectivity index (χ3n) is 4.77. The van der Waals surface area contributed by atoms with Gasteiger partial charge >= 0.3 is 0 Å². The molecule has 1 aromatic heterocycles. The van der Waals surface area contributed by atoms with E-state index in [1.807, 2.05) is 23.6 Å². The van der Waals surface area contributed by atoms with Crippen LogP contribution in [0.5, 0.6) is 0 Å². The number of methoxy groups -OCH3 is 1. The summed E-state index contributed by atoms with van der Waals surface area (Å²) in [4.78, 5) is 1.93. The molecule has 0 radical (unpaired) electrons. The van der Waals surface area contributed by atoms with Gasteiger partial charge in [0.15, 0.2) is 0 Å². The fourth-order valence-corrected chi connectivity index (χ4v) is 3.32. The second-order valence-corrected chi connectivity index (χ2v) is 6.16. The van der Waals surface area contributed by atoms with Crippen molar-refractivity contribution in [2.45, 2.75) is 37.7 Å². The molecule has 1 fully saturated rings. The maximum Gasteiger partial charge on any atom is 0.231 e. The molecule has 1 heterocycles. The molecule has 0 N–H and O–H groups in total. The fraction of sp³-hybridized carbons (Fsp3) is 0.529. The van der Waals surface area contributed by atoms with Crippen LogP contribution in [-0.4, -0.2) is 35.0 Å². The molecule has 0 unspecified atom stereocenters. The van der Waals surface area contributed by atoms with Crippen LogP contribution >= 0.6 is 0 Å². The number of ether oxygens (including phenoxy) is 1. The minimum Gasteiger partial charge on any atom is -0.381 e. The van der Waals surface area contributed by atoms with Crippen molar-refractivity contribution in [3.63, 3.8) is 0 Å². The van der Waals surface area contributed by atoms with E-state index in [0.717, 1.165) is 43.1 Å². The Morgan fingerprint density at radius 3 is 2.39 bits per heavy atom. The second kappa shape index (κ2) is 6.66. The van der Waals surface area contributed by atoms with Gasteiger partial charge in [-0.3, -0.25) is 4.57 Å². The van der Waals surface area contributed by atoms with Gasteiger partial charge in [-0.25, -0.2) is 4.39 Å². The second-order valence-electron chi connectivity index (χ2n) is 6.16. The van der Waals surface area contributed by atoms with Crippen LogP contribution in [0.2, 0.25) is 0 Å². The highest BCUT2D eigenvalue weighted by molar-refractivity contribution is 5.56. The van der Waals surface area contributed by atoms with Crippen LogP contribution in [0.3, 0.4) is 0 Å². The number of hydrogen-bond acceptors (Lipinski definition) is 4. The van der Waals surface area contributed by atoms with Crippen LogP contribution in [0, 0.1) is 5.82 Å². The van der Waals surface area contributed by atoms with Crippen molar-refractivity contribution in [3.8, 4) is 0 Å². The number of rotatable bonds is 4. The van der Waals surface area contributed by atoms with Crippen LogP contribution in [0.1, 0.15) is 37.4 Å². The Kier molecular flexibility index (Phi) is 4.61. The highest BCUT2D eigenvalue weighted by atomic mass is 19.1. The SMILES string of the molecule is COC1CCC(c2nnc(N(C)c3ccc(F)cc3)n2C)CC1. The lowest BCUT2D eigenvalue weighted by Crippen LogP contribution is -2.21. The van der Waals surface area contributed by atoms with Crippen LogP contribution in [0.4, 0.5) is 16.0 Å². The molecular formula is C17H23FN4O. The maximum atomic E-state index is 13.1. The first-order chi connectivity index (χ1) is 11.1. The van der Waals surface area contributed by atoms with Crippen molar-refractivity contribution in [2.75, 3.05) is 19.1 Å². The molecule has 1 saturated carbocycles. The first-order valence-corrected chi connectivity index (χ1v) is 8.01. The Morgan fingerprint density at radius 2 is 1.78 bits per heavy atom. The van der Waals surface area contributed by atoms with Gasteiger partial charge in [-0.15, -0.1) is 10.2 Å². The molecule has 6 heteroatoms. The molecule has 0 spiro atoms. The van der Waals surface area contributed by atoms with Gasteiger partial charge in [-0.2, -0.15) is 0 Å². The van der Waals surface area contributed by atoms with E-state index in [1.54, 1.807) is 19.2 Å². The smallest absolute Gasteiger partial charge is 0.231 e. The van der Waals surface area contributed by atoms with Crippen molar-refractivity contribution in [1.29, 1.82) is 0 Å². The van der Waals surface area contributed by atoms with Gasteiger partial charge in [-0.05, 0) is 49.9 Å². The lowest BCUT2D eigenvalue weighted by atomic mass is 9.87. The minimum atomic E-state index is -0.240. The Hall–Kier alpha value is -1.95. The Bertz CT molecular complexity index is 647. The van der Waals surface area contributed by atoms with E-state index < -0.39 is 0 Å². The van der Waals surface area contributed by atoms with E-state index in [4.69, 9.17) is 4.74 Å². The van der Waals surface area contributed by atoms with Crippen LogP contribution in [-0.2, 0) is 11.8 Å². The molecule has 5 nitrogen and oxygen atoms in total. The predicted octanol–water partition coefficient (Wildman–Crippen LogP) is 3.39. The van der Waals surface area contributed by atoms with E-state index in [1.165, 1.54) is 12.1 Å². The van der Waals surface area contributed by atoms with Crippen molar-refractivity contribution >= 4 is 11.6 Å². The summed E-state index contributed by atoms with van der Waals surface area (Å²) in [6, 6.07) is 6.39. The van der Waals surface area contributed by atoms with E-state index in [9.17, 15) is 4.39 Å². The molecular weight excluding hydrogens is 295 g/mol. The molecule has 0 amide bonds. The molecule has 23 heavy (non-hydrogen) atoms. The summed E-state index contributed by atoms with van der Waals surface area (Å²) in [5, 5.41) is 8.75. The Morgan fingerprint density at radius 1 is 1.13 bits per heavy atom. The monoisotopic (exact) mass is 318 g/mol. The molecule has 3 rings (SSSR count). The van der Waals surface area contributed by atoms with Crippen molar-refractivity contribution in [2.24, 2.45) is 7.05 Å². The first-order valence-electron chi connectivity index (χ1n) is 8.01. The average Bonchev–Trinajstić information content (AvgIpc) is 2.96. The average molecular weight is 318 g/mol. The van der Waals surface area contributed by atoms with Crippen molar-refractivity contribution in [3.05, 3.63) is 35.9 Å². The van der Waals surface area contributed by atoms with Gasteiger partial charge in [0.2, 0.25) is 5.95 Å². The Balaban J connectivity index is 1.78. The summed E-state index contributed by atoms with van der Waals surface area (Å²) >= 11 is 0. The molecule has 0 atom stereocenters. The van der Waals surface area contributed by atoms with Gasteiger partial charge < -0.3 is 9.64 Å². The standard InChI is InChI=1S/C17H23FN4O/c1-21(14-8-6-13(18)7-9-14)17-20-19-16(22(17)2)12-4-10-15(23-3)11-5-12/h6-9,12,15H,4-5,10-11H2,1-3H3. The van der Waals surface area contributed by atoms with Gasteiger partial charge in [0.1, 0.15) is 11.6 Å². The minimum absolute atomic E-state index is 0.240. The zero-order valence-electron chi connectivity index (χ0n) is 13.9. The molecule has 0 aliphatic heterocycles. The molecule has 1 aliphatic rings. The van der Waals surface area contributed by atoms with Crippen molar-refractivity contribution in [1.82, 2.24) is 14.8 Å². The van der Waals surface area contributed by atoms with Crippen molar-refractivity contribution < 1.29 is 9.13 Å². The lowest BCUT2D eigenvalue weighted by Gasteiger charge is -2.27. The van der Waals surface area contributed by atoms with Crippen LogP contribution in [0.25, 0.3) is 0 Å². The van der Waals surface area contributed by atoms with Gasteiger partial charge in [0.05, 0.1) is 6.10 Å². The number of anilines is 2. The van der Waals surface area contributed by atoms with E-state index in [2.05, 4.69) is 10.2 Å². The number of aromatic nitrogens is 3. The number of halogens is 1. The number of nitrogens with zero attached hydrogens (tertiary/aromatic N) is 4. The Labute approximate surface area is 136 Å². The zero-order valence-corrected chi connectivity index (χ0v) is 13.9. The third kappa shape index (κ3) is 3.22. The summed E-state index contributed by atoms with van der Waals surface area (Å²) in [5.41, 5.74) is 0.886. The van der Waals surface area contributed by atoms with E-state index in [-0.39, 0.29) is 5.82 Å². The lowest BCUT2D eigenvalue weighted by molar-refractivity contribution is 0.0648. The molecule has 1 aromatic carbocycles. The predicted molar refractivity (Wildman–Crippen MR) is 87.5 cm³/mol. The highest BCUT2D eigenvalue weighted by Crippen LogP contribution is 2.34. The fourth-order valence-electron chi connectivity index (χ4n) is 3.32. The third-order valence-corrected chi connectivity index (χ3v) is 4.77. The summed E-state index contributed by atoms with van der Waals surface area (Å²) in [7, 11) is 5.69. The topological polar surface area (TPSA) is 43.2 Å². The molecule has 0 bridgehead atoms. The molecule has 124 valence electrons. The van der Waals surface area contributed by atoms with E-state index in [0.29, 0.717) is 12.0 Å². The largest absolute Gasteiger partial charge is 0.381 e. The zero-order chi connectivity index (χ0) is 16.4. The number of hydrogen-bond donors (Lipinski definition) is 0. The van der Waals surface area contributed by atoms with Gasteiger partial charge in [-0.1, -0.05) is 0 Å². The van der Waals surface area contributed by atoms with E-state index >= 15 is 0 Å². The quantitative estimate of drug-likeness (QED) is 0.866. The summed E-state index contributed by atoms with van der Waals surface area (Å²) in [5.74, 6) is 1.97. The highest BCUT2D eigenvalue weighted by Gasteiger charge is 2.27.